The lowest BCUT2D eigenvalue weighted by Crippen LogP contribution is -2.44. The maximum atomic E-state index is 11.0. The Balaban J connectivity index is 1.56. The molecule has 2 aromatic carbocycles. The predicted octanol–water partition coefficient (Wildman–Crippen LogP) is 3.94. The van der Waals surface area contributed by atoms with Crippen LogP contribution in [0, 0.1) is 0 Å². The fourth-order valence-corrected chi connectivity index (χ4v) is 3.60. The molecule has 0 unspecified atom stereocenters. The number of carboxylic acid groups (broad SMARTS) is 1. The fraction of sp³-hybridized carbons (Fsp3) is 0.381. The van der Waals surface area contributed by atoms with Gasteiger partial charge >= 0.3 is 6.09 Å². The Morgan fingerprint density at radius 3 is 2.00 bits per heavy atom. The van der Waals surface area contributed by atoms with Crippen LogP contribution < -0.4 is 5.32 Å². The first-order valence-corrected chi connectivity index (χ1v) is 9.05. The number of rotatable bonds is 6. The molecule has 0 spiro atoms. The second-order valence-electron chi connectivity index (χ2n) is 6.66. The van der Waals surface area contributed by atoms with Gasteiger partial charge in [0.1, 0.15) is 0 Å². The van der Waals surface area contributed by atoms with Crippen molar-refractivity contribution in [3.63, 3.8) is 0 Å². The molecule has 2 aromatic rings. The summed E-state index contributed by atoms with van der Waals surface area (Å²) in [5.41, 5.74) is 2.69. The molecule has 0 bridgehead atoms. The minimum Gasteiger partial charge on any atom is -0.465 e. The van der Waals surface area contributed by atoms with Gasteiger partial charge in [-0.3, -0.25) is 0 Å². The summed E-state index contributed by atoms with van der Waals surface area (Å²) in [6.07, 6.45) is 2.03. The number of hydrogen-bond donors (Lipinski definition) is 2. The van der Waals surface area contributed by atoms with Crippen LogP contribution >= 0.6 is 0 Å². The van der Waals surface area contributed by atoms with Gasteiger partial charge in [0.25, 0.3) is 0 Å². The first-order chi connectivity index (χ1) is 12.2. The zero-order valence-corrected chi connectivity index (χ0v) is 14.5. The van der Waals surface area contributed by atoms with Crippen molar-refractivity contribution in [2.75, 3.05) is 19.6 Å². The van der Waals surface area contributed by atoms with Gasteiger partial charge in [0.15, 0.2) is 0 Å². The molecule has 0 aromatic heterocycles. The molecule has 1 fully saturated rings. The van der Waals surface area contributed by atoms with Gasteiger partial charge in [-0.25, -0.2) is 4.79 Å². The SMILES string of the molecule is O=C(O)N1CCC(NCCC(c2ccccc2)c2ccccc2)CC1. The van der Waals surface area contributed by atoms with Crippen LogP contribution in [0.25, 0.3) is 0 Å². The lowest BCUT2D eigenvalue weighted by Gasteiger charge is -2.31. The highest BCUT2D eigenvalue weighted by Crippen LogP contribution is 2.27. The van der Waals surface area contributed by atoms with Crippen molar-refractivity contribution in [2.24, 2.45) is 0 Å². The second kappa shape index (κ2) is 8.67. The molecule has 132 valence electrons. The average Bonchev–Trinajstić information content (AvgIpc) is 2.67. The quantitative estimate of drug-likeness (QED) is 0.839. The molecule has 0 radical (unpaired) electrons. The summed E-state index contributed by atoms with van der Waals surface area (Å²) < 4.78 is 0. The number of benzene rings is 2. The lowest BCUT2D eigenvalue weighted by atomic mass is 9.88. The number of nitrogens with zero attached hydrogens (tertiary/aromatic N) is 1. The van der Waals surface area contributed by atoms with Crippen molar-refractivity contribution >= 4 is 6.09 Å². The zero-order valence-electron chi connectivity index (χ0n) is 14.5. The second-order valence-corrected chi connectivity index (χ2v) is 6.66. The number of nitrogens with one attached hydrogen (secondary N) is 1. The summed E-state index contributed by atoms with van der Waals surface area (Å²) >= 11 is 0. The number of hydrogen-bond acceptors (Lipinski definition) is 2. The Kier molecular flexibility index (Phi) is 6.07. The van der Waals surface area contributed by atoms with E-state index in [4.69, 9.17) is 5.11 Å². The largest absolute Gasteiger partial charge is 0.465 e. The van der Waals surface area contributed by atoms with Gasteiger partial charge in [-0.05, 0) is 36.9 Å². The number of carbonyl (C=O) groups is 1. The summed E-state index contributed by atoms with van der Waals surface area (Å²) in [6.45, 7) is 2.20. The third-order valence-electron chi connectivity index (χ3n) is 5.04. The Hall–Kier alpha value is -2.33. The zero-order chi connectivity index (χ0) is 17.5. The molecule has 0 atom stereocenters. The van der Waals surface area contributed by atoms with Gasteiger partial charge in [-0.1, -0.05) is 60.7 Å². The van der Waals surface area contributed by atoms with Gasteiger partial charge in [0.05, 0.1) is 0 Å². The van der Waals surface area contributed by atoms with E-state index in [1.165, 1.54) is 16.0 Å². The molecule has 4 heteroatoms. The number of likely N-dealkylation sites (tertiary alicyclic amines) is 1. The van der Waals surface area contributed by atoms with Gasteiger partial charge in [-0.15, -0.1) is 0 Å². The van der Waals surface area contributed by atoms with Crippen LogP contribution in [0.15, 0.2) is 60.7 Å². The van der Waals surface area contributed by atoms with Crippen molar-refractivity contribution in [3.05, 3.63) is 71.8 Å². The van der Waals surface area contributed by atoms with Crippen LogP contribution in [0.3, 0.4) is 0 Å². The van der Waals surface area contributed by atoms with Crippen molar-refractivity contribution < 1.29 is 9.90 Å². The van der Waals surface area contributed by atoms with Crippen molar-refractivity contribution in [2.45, 2.75) is 31.2 Å². The number of piperidine rings is 1. The van der Waals surface area contributed by atoms with E-state index in [0.29, 0.717) is 25.0 Å². The van der Waals surface area contributed by atoms with Crippen LogP contribution in [0.1, 0.15) is 36.3 Å². The molecule has 1 aliphatic heterocycles. The first kappa shape index (κ1) is 17.5. The standard InChI is InChI=1S/C21H26N2O2/c24-21(25)23-15-12-19(13-16-23)22-14-11-20(17-7-3-1-4-8-17)18-9-5-2-6-10-18/h1-10,19-20,22H,11-16H2,(H,24,25). The summed E-state index contributed by atoms with van der Waals surface area (Å²) in [7, 11) is 0. The third-order valence-corrected chi connectivity index (χ3v) is 5.04. The van der Waals surface area contributed by atoms with Crippen molar-refractivity contribution in [1.82, 2.24) is 10.2 Å². The molecule has 1 saturated heterocycles. The predicted molar refractivity (Wildman–Crippen MR) is 100.0 cm³/mol. The molecule has 0 saturated carbocycles. The molecule has 0 aliphatic carbocycles. The molecule has 1 amide bonds. The van der Waals surface area contributed by atoms with E-state index in [0.717, 1.165) is 25.8 Å². The highest BCUT2D eigenvalue weighted by atomic mass is 16.4. The molecule has 2 N–H and O–H groups in total. The minimum atomic E-state index is -0.799. The normalized spacial score (nSPS) is 15.5. The van der Waals surface area contributed by atoms with Crippen molar-refractivity contribution in [3.8, 4) is 0 Å². The summed E-state index contributed by atoms with van der Waals surface area (Å²) in [5, 5.41) is 12.7. The first-order valence-electron chi connectivity index (χ1n) is 9.05. The van der Waals surface area contributed by atoms with E-state index >= 15 is 0 Å². The Morgan fingerprint density at radius 1 is 1.00 bits per heavy atom. The van der Waals surface area contributed by atoms with E-state index in [1.54, 1.807) is 0 Å². The van der Waals surface area contributed by atoms with Crippen LogP contribution in [0.2, 0.25) is 0 Å². The Bertz CT molecular complexity index is 613. The van der Waals surface area contributed by atoms with E-state index in [2.05, 4.69) is 66.0 Å². The van der Waals surface area contributed by atoms with Crippen LogP contribution in [-0.2, 0) is 0 Å². The van der Waals surface area contributed by atoms with Crippen molar-refractivity contribution in [1.29, 1.82) is 0 Å². The molecule has 1 heterocycles. The lowest BCUT2D eigenvalue weighted by molar-refractivity contribution is 0.129. The summed E-state index contributed by atoms with van der Waals surface area (Å²) in [4.78, 5) is 12.5. The topological polar surface area (TPSA) is 52.6 Å². The molecular weight excluding hydrogens is 312 g/mol. The maximum Gasteiger partial charge on any atom is 0.407 e. The highest BCUT2D eigenvalue weighted by Gasteiger charge is 2.22. The Labute approximate surface area is 149 Å². The molecule has 3 rings (SSSR count). The van der Waals surface area contributed by atoms with E-state index in [1.807, 2.05) is 0 Å². The molecule has 1 aliphatic rings. The monoisotopic (exact) mass is 338 g/mol. The molecule has 25 heavy (non-hydrogen) atoms. The van der Waals surface area contributed by atoms with Gasteiger partial charge in [0, 0.05) is 25.0 Å². The highest BCUT2D eigenvalue weighted by molar-refractivity contribution is 5.65. The molecular formula is C21H26N2O2. The van der Waals surface area contributed by atoms with E-state index < -0.39 is 6.09 Å². The summed E-state index contributed by atoms with van der Waals surface area (Å²) in [6, 6.07) is 21.7. The third kappa shape index (κ3) is 4.83. The van der Waals surface area contributed by atoms with Gasteiger partial charge in [0.2, 0.25) is 0 Å². The van der Waals surface area contributed by atoms with E-state index in [-0.39, 0.29) is 0 Å². The van der Waals surface area contributed by atoms with Gasteiger partial charge in [-0.2, -0.15) is 0 Å². The summed E-state index contributed by atoms with van der Waals surface area (Å²) in [5.74, 6) is 0.383. The maximum absolute atomic E-state index is 11.0. The number of amides is 1. The Morgan fingerprint density at radius 2 is 1.52 bits per heavy atom. The minimum absolute atomic E-state index is 0.383. The van der Waals surface area contributed by atoms with E-state index in [9.17, 15) is 4.79 Å². The van der Waals surface area contributed by atoms with Crippen LogP contribution in [0.5, 0.6) is 0 Å². The average molecular weight is 338 g/mol. The van der Waals surface area contributed by atoms with Gasteiger partial charge < -0.3 is 15.3 Å². The van der Waals surface area contributed by atoms with Crippen LogP contribution in [0.4, 0.5) is 4.79 Å². The van der Waals surface area contributed by atoms with Crippen LogP contribution in [-0.4, -0.2) is 41.8 Å². The smallest absolute Gasteiger partial charge is 0.407 e. The fourth-order valence-electron chi connectivity index (χ4n) is 3.60. The molecule has 4 nitrogen and oxygen atoms in total.